The Bertz CT molecular complexity index is 1010. The van der Waals surface area contributed by atoms with E-state index in [1.807, 2.05) is 54.6 Å². The van der Waals surface area contributed by atoms with Crippen molar-refractivity contribution in [3.05, 3.63) is 65.2 Å². The molecule has 2 fully saturated rings. The van der Waals surface area contributed by atoms with E-state index in [0.29, 0.717) is 44.0 Å². The number of hydrogen-bond acceptors (Lipinski definition) is 4. The Balaban J connectivity index is 1.35. The second-order valence-corrected chi connectivity index (χ2v) is 9.42. The summed E-state index contributed by atoms with van der Waals surface area (Å²) in [5, 5.41) is 3.62. The maximum Gasteiger partial charge on any atom is 0.242 e. The van der Waals surface area contributed by atoms with Gasteiger partial charge in [-0.25, -0.2) is 0 Å². The molecule has 2 heterocycles. The van der Waals surface area contributed by atoms with Gasteiger partial charge >= 0.3 is 0 Å². The molecule has 8 heteroatoms. The molecule has 2 aromatic carbocycles. The van der Waals surface area contributed by atoms with E-state index in [0.717, 1.165) is 24.3 Å². The van der Waals surface area contributed by atoms with Crippen molar-refractivity contribution < 1.29 is 14.4 Å². The maximum atomic E-state index is 13.4. The predicted molar refractivity (Wildman–Crippen MR) is 133 cm³/mol. The zero-order chi connectivity index (χ0) is 24.1. The molecule has 0 aromatic heterocycles. The van der Waals surface area contributed by atoms with Gasteiger partial charge in [0.1, 0.15) is 0 Å². The summed E-state index contributed by atoms with van der Waals surface area (Å²) in [5.41, 5.74) is 1.28. The summed E-state index contributed by atoms with van der Waals surface area (Å²) >= 11 is 5.98. The number of piperazine rings is 1. The zero-order valence-corrected chi connectivity index (χ0v) is 20.3. The van der Waals surface area contributed by atoms with Crippen LogP contribution in [0.5, 0.6) is 0 Å². The standard InChI is InChI=1S/C26H31ClN4O3/c1-20(32)29-13-11-26(12-14-29,21-5-3-2-4-6-21)25(34)28-19-24(33)31-17-15-30(16-18-31)23-9-7-22(27)8-10-23/h2-10H,11-19H2,1H3,(H,28,34). The van der Waals surface area contributed by atoms with Crippen molar-refractivity contribution >= 4 is 35.0 Å². The van der Waals surface area contributed by atoms with Gasteiger partial charge in [0.2, 0.25) is 17.7 Å². The molecule has 7 nitrogen and oxygen atoms in total. The maximum absolute atomic E-state index is 13.4. The fourth-order valence-electron chi connectivity index (χ4n) is 4.91. The highest BCUT2D eigenvalue weighted by Crippen LogP contribution is 2.36. The first-order valence-electron chi connectivity index (χ1n) is 11.8. The lowest BCUT2D eigenvalue weighted by Gasteiger charge is -2.41. The third-order valence-electron chi connectivity index (χ3n) is 7.05. The van der Waals surface area contributed by atoms with Crippen molar-refractivity contribution in [3.8, 4) is 0 Å². The number of anilines is 1. The molecule has 2 aliphatic heterocycles. The molecule has 0 spiro atoms. The minimum Gasteiger partial charge on any atom is -0.368 e. The lowest BCUT2D eigenvalue weighted by atomic mass is 9.72. The van der Waals surface area contributed by atoms with E-state index in [2.05, 4.69) is 10.2 Å². The second-order valence-electron chi connectivity index (χ2n) is 8.98. The summed E-state index contributed by atoms with van der Waals surface area (Å²) < 4.78 is 0. The number of nitrogens with zero attached hydrogens (tertiary/aromatic N) is 3. The number of benzene rings is 2. The van der Waals surface area contributed by atoms with Crippen molar-refractivity contribution in [2.75, 3.05) is 50.7 Å². The molecule has 34 heavy (non-hydrogen) atoms. The fraction of sp³-hybridized carbons (Fsp3) is 0.423. The highest BCUT2D eigenvalue weighted by molar-refractivity contribution is 6.30. The van der Waals surface area contributed by atoms with Crippen LogP contribution in [0.4, 0.5) is 5.69 Å². The second kappa shape index (κ2) is 10.5. The molecule has 0 bridgehead atoms. The molecule has 0 atom stereocenters. The van der Waals surface area contributed by atoms with Crippen LogP contribution in [0.2, 0.25) is 5.02 Å². The number of likely N-dealkylation sites (tertiary alicyclic amines) is 1. The third-order valence-corrected chi connectivity index (χ3v) is 7.30. The van der Waals surface area contributed by atoms with Gasteiger partial charge in [-0.3, -0.25) is 14.4 Å². The minimum absolute atomic E-state index is 0.0230. The molecule has 4 rings (SSSR count). The van der Waals surface area contributed by atoms with Crippen LogP contribution in [-0.4, -0.2) is 73.3 Å². The monoisotopic (exact) mass is 482 g/mol. The van der Waals surface area contributed by atoms with E-state index < -0.39 is 5.41 Å². The molecule has 2 aromatic rings. The van der Waals surface area contributed by atoms with Gasteiger partial charge in [0.05, 0.1) is 12.0 Å². The largest absolute Gasteiger partial charge is 0.368 e. The van der Waals surface area contributed by atoms with Crippen LogP contribution in [-0.2, 0) is 19.8 Å². The minimum atomic E-state index is -0.735. The van der Waals surface area contributed by atoms with Crippen molar-refractivity contribution in [1.82, 2.24) is 15.1 Å². The first-order valence-corrected chi connectivity index (χ1v) is 12.1. The lowest BCUT2D eigenvalue weighted by Crippen LogP contribution is -2.55. The summed E-state index contributed by atoms with van der Waals surface area (Å²) in [7, 11) is 0. The van der Waals surface area contributed by atoms with Crippen molar-refractivity contribution in [2.24, 2.45) is 0 Å². The molecule has 0 aliphatic carbocycles. The molecule has 3 amide bonds. The van der Waals surface area contributed by atoms with Gasteiger partial charge in [0.25, 0.3) is 0 Å². The van der Waals surface area contributed by atoms with Crippen LogP contribution in [0.3, 0.4) is 0 Å². The Morgan fingerprint density at radius 3 is 2.06 bits per heavy atom. The molecule has 180 valence electrons. The number of halogens is 1. The number of amides is 3. The molecule has 2 saturated heterocycles. The molecule has 0 radical (unpaired) electrons. The van der Waals surface area contributed by atoms with Crippen LogP contribution >= 0.6 is 11.6 Å². The van der Waals surface area contributed by atoms with Crippen LogP contribution in [0.15, 0.2) is 54.6 Å². The molecule has 0 unspecified atom stereocenters. The van der Waals surface area contributed by atoms with E-state index in [1.54, 1.807) is 16.7 Å². The Morgan fingerprint density at radius 2 is 1.47 bits per heavy atom. The van der Waals surface area contributed by atoms with Crippen LogP contribution < -0.4 is 10.2 Å². The van der Waals surface area contributed by atoms with Gasteiger partial charge in [0, 0.05) is 56.9 Å². The summed E-state index contributed by atoms with van der Waals surface area (Å²) in [6, 6.07) is 17.4. The topological polar surface area (TPSA) is 73.0 Å². The van der Waals surface area contributed by atoms with Gasteiger partial charge in [-0.15, -0.1) is 0 Å². The highest BCUT2D eigenvalue weighted by atomic mass is 35.5. The van der Waals surface area contributed by atoms with Crippen molar-refractivity contribution in [2.45, 2.75) is 25.2 Å². The van der Waals surface area contributed by atoms with Crippen LogP contribution in [0, 0.1) is 0 Å². The number of carbonyl (C=O) groups is 3. The van der Waals surface area contributed by atoms with Gasteiger partial charge in [0.15, 0.2) is 0 Å². The average molecular weight is 483 g/mol. The van der Waals surface area contributed by atoms with E-state index >= 15 is 0 Å². The Morgan fingerprint density at radius 1 is 0.853 bits per heavy atom. The third kappa shape index (κ3) is 5.20. The SMILES string of the molecule is CC(=O)N1CCC(C(=O)NCC(=O)N2CCN(c3ccc(Cl)cc3)CC2)(c2ccccc2)CC1. The van der Waals surface area contributed by atoms with Gasteiger partial charge in [-0.2, -0.15) is 0 Å². The number of nitrogens with one attached hydrogen (secondary N) is 1. The quantitative estimate of drug-likeness (QED) is 0.711. The molecule has 1 N–H and O–H groups in total. The fourth-order valence-corrected chi connectivity index (χ4v) is 5.04. The van der Waals surface area contributed by atoms with Gasteiger partial charge in [-0.1, -0.05) is 41.9 Å². The smallest absolute Gasteiger partial charge is 0.242 e. The van der Waals surface area contributed by atoms with Crippen molar-refractivity contribution in [1.29, 1.82) is 0 Å². The summed E-state index contributed by atoms with van der Waals surface area (Å²) in [4.78, 5) is 43.9. The van der Waals surface area contributed by atoms with Crippen molar-refractivity contribution in [3.63, 3.8) is 0 Å². The Hall–Kier alpha value is -3.06. The zero-order valence-electron chi connectivity index (χ0n) is 19.5. The number of piperidine rings is 1. The van der Waals surface area contributed by atoms with E-state index in [9.17, 15) is 14.4 Å². The van der Waals surface area contributed by atoms with E-state index in [4.69, 9.17) is 11.6 Å². The van der Waals surface area contributed by atoms with Gasteiger partial charge in [-0.05, 0) is 42.7 Å². The van der Waals surface area contributed by atoms with E-state index in [1.165, 1.54) is 0 Å². The summed E-state index contributed by atoms with van der Waals surface area (Å²) in [5.74, 6) is -0.196. The summed E-state index contributed by atoms with van der Waals surface area (Å²) in [6.07, 6.45) is 1.08. The Labute approximate surface area is 205 Å². The Kier molecular flexibility index (Phi) is 7.41. The van der Waals surface area contributed by atoms with Crippen LogP contribution in [0.25, 0.3) is 0 Å². The predicted octanol–water partition coefficient (Wildman–Crippen LogP) is 2.69. The summed E-state index contributed by atoms with van der Waals surface area (Å²) in [6.45, 7) is 5.26. The normalized spacial score (nSPS) is 17.9. The highest BCUT2D eigenvalue weighted by Gasteiger charge is 2.43. The van der Waals surface area contributed by atoms with Crippen LogP contribution in [0.1, 0.15) is 25.3 Å². The number of rotatable bonds is 5. The first-order chi connectivity index (χ1) is 16.4. The van der Waals surface area contributed by atoms with E-state index in [-0.39, 0.29) is 24.3 Å². The number of carbonyl (C=O) groups excluding carboxylic acids is 3. The van der Waals surface area contributed by atoms with Gasteiger partial charge < -0.3 is 20.0 Å². The molecule has 2 aliphatic rings. The number of hydrogen-bond donors (Lipinski definition) is 1. The molecular weight excluding hydrogens is 452 g/mol. The molecule has 0 saturated carbocycles. The lowest BCUT2D eigenvalue weighted by molar-refractivity contribution is -0.137. The molecular formula is C26H31ClN4O3. The first kappa shape index (κ1) is 24.1. The average Bonchev–Trinajstić information content (AvgIpc) is 2.88.